The van der Waals surface area contributed by atoms with Crippen LogP contribution < -0.4 is 5.32 Å². The first-order valence-corrected chi connectivity index (χ1v) is 7.52. The maximum absolute atomic E-state index is 4.43. The molecule has 100 valence electrons. The molecule has 0 aromatic carbocycles. The molecule has 3 rings (SSSR count). The number of nitrogens with one attached hydrogen (secondary N) is 1. The van der Waals surface area contributed by atoms with Crippen LogP contribution in [0.2, 0.25) is 0 Å². The number of hydrogen-bond acceptors (Lipinski definition) is 2. The van der Waals surface area contributed by atoms with Crippen molar-refractivity contribution in [3.8, 4) is 0 Å². The fraction of sp³-hybridized carbons (Fsp3) is 0.800. The summed E-state index contributed by atoms with van der Waals surface area (Å²) in [5.41, 5.74) is 2.89. The molecule has 3 nitrogen and oxygen atoms in total. The molecule has 1 N–H and O–H groups in total. The van der Waals surface area contributed by atoms with Crippen LogP contribution in [-0.4, -0.2) is 15.8 Å². The number of aryl methyl sites for hydroxylation is 1. The van der Waals surface area contributed by atoms with Gasteiger partial charge in [-0.25, -0.2) is 0 Å². The lowest BCUT2D eigenvalue weighted by molar-refractivity contribution is 0.323. The molecule has 1 saturated carbocycles. The van der Waals surface area contributed by atoms with Crippen LogP contribution in [0.1, 0.15) is 62.7 Å². The van der Waals surface area contributed by atoms with Crippen LogP contribution in [0.3, 0.4) is 0 Å². The van der Waals surface area contributed by atoms with E-state index < -0.39 is 0 Å². The van der Waals surface area contributed by atoms with Crippen molar-refractivity contribution < 1.29 is 0 Å². The molecule has 2 aliphatic rings. The van der Waals surface area contributed by atoms with Gasteiger partial charge in [0, 0.05) is 30.4 Å². The van der Waals surface area contributed by atoms with Crippen molar-refractivity contribution >= 4 is 0 Å². The van der Waals surface area contributed by atoms with Gasteiger partial charge in [0.25, 0.3) is 0 Å². The van der Waals surface area contributed by atoms with Crippen molar-refractivity contribution in [2.75, 3.05) is 0 Å². The molecule has 0 bridgehead atoms. The second-order valence-electron chi connectivity index (χ2n) is 6.11. The van der Waals surface area contributed by atoms with Crippen LogP contribution in [0.25, 0.3) is 0 Å². The summed E-state index contributed by atoms with van der Waals surface area (Å²) in [5.74, 6) is 0.895. The van der Waals surface area contributed by atoms with Gasteiger partial charge < -0.3 is 5.32 Å². The molecule has 0 amide bonds. The van der Waals surface area contributed by atoms with Gasteiger partial charge in [-0.2, -0.15) is 5.10 Å². The molecule has 0 saturated heterocycles. The van der Waals surface area contributed by atoms with Crippen LogP contribution in [0, 0.1) is 5.92 Å². The van der Waals surface area contributed by atoms with E-state index in [2.05, 4.69) is 35.3 Å². The van der Waals surface area contributed by atoms with E-state index in [0.29, 0.717) is 12.1 Å². The van der Waals surface area contributed by atoms with Gasteiger partial charge in [0.2, 0.25) is 0 Å². The minimum Gasteiger partial charge on any atom is -0.307 e. The third-order valence-corrected chi connectivity index (χ3v) is 4.95. The molecule has 0 aliphatic heterocycles. The van der Waals surface area contributed by atoms with E-state index in [9.17, 15) is 0 Å². The van der Waals surface area contributed by atoms with Crippen molar-refractivity contribution in [2.24, 2.45) is 13.0 Å². The predicted octanol–water partition coefficient (Wildman–Crippen LogP) is 2.97. The molecule has 18 heavy (non-hydrogen) atoms. The summed E-state index contributed by atoms with van der Waals surface area (Å²) in [7, 11) is 2.07. The zero-order valence-corrected chi connectivity index (χ0v) is 11.7. The lowest BCUT2D eigenvalue weighted by atomic mass is 9.90. The standard InChI is InChI=1S/C15H25N3/c1-11(12-6-3-4-7-12)17-14-8-5-9-15-13(14)10-16-18(15)2/h10-12,14,17H,3-9H2,1-2H3. The maximum Gasteiger partial charge on any atom is 0.0540 e. The summed E-state index contributed by atoms with van der Waals surface area (Å²) < 4.78 is 2.06. The fourth-order valence-corrected chi connectivity index (χ4v) is 3.79. The van der Waals surface area contributed by atoms with E-state index in [4.69, 9.17) is 0 Å². The molecule has 0 radical (unpaired) electrons. The van der Waals surface area contributed by atoms with Gasteiger partial charge >= 0.3 is 0 Å². The van der Waals surface area contributed by atoms with Gasteiger partial charge in [-0.05, 0) is 44.9 Å². The van der Waals surface area contributed by atoms with E-state index in [1.54, 1.807) is 0 Å². The number of hydrogen-bond donors (Lipinski definition) is 1. The topological polar surface area (TPSA) is 29.9 Å². The van der Waals surface area contributed by atoms with E-state index in [0.717, 1.165) is 5.92 Å². The maximum atomic E-state index is 4.43. The molecule has 1 heterocycles. The highest BCUT2D eigenvalue weighted by Crippen LogP contribution is 2.33. The summed E-state index contributed by atoms with van der Waals surface area (Å²) in [6.07, 6.45) is 11.5. The molecule has 2 atom stereocenters. The van der Waals surface area contributed by atoms with E-state index in [-0.39, 0.29) is 0 Å². The number of aromatic nitrogens is 2. The number of rotatable bonds is 3. The first kappa shape index (κ1) is 12.2. The van der Waals surface area contributed by atoms with Crippen LogP contribution >= 0.6 is 0 Å². The fourth-order valence-electron chi connectivity index (χ4n) is 3.79. The molecule has 1 aromatic rings. The summed E-state index contributed by atoms with van der Waals surface area (Å²) >= 11 is 0. The smallest absolute Gasteiger partial charge is 0.0540 e. The number of fused-ring (bicyclic) bond motifs is 1. The Balaban J connectivity index is 1.70. The Morgan fingerprint density at radius 3 is 2.83 bits per heavy atom. The van der Waals surface area contributed by atoms with Crippen molar-refractivity contribution in [1.82, 2.24) is 15.1 Å². The second-order valence-corrected chi connectivity index (χ2v) is 6.11. The number of nitrogens with zero attached hydrogens (tertiary/aromatic N) is 2. The first-order valence-electron chi connectivity index (χ1n) is 7.52. The summed E-state index contributed by atoms with van der Waals surface area (Å²) in [4.78, 5) is 0. The zero-order chi connectivity index (χ0) is 12.5. The molecular weight excluding hydrogens is 222 g/mol. The van der Waals surface area contributed by atoms with E-state index >= 15 is 0 Å². The quantitative estimate of drug-likeness (QED) is 0.890. The highest BCUT2D eigenvalue weighted by Gasteiger charge is 2.28. The van der Waals surface area contributed by atoms with Crippen LogP contribution in [-0.2, 0) is 13.5 Å². The Labute approximate surface area is 110 Å². The largest absolute Gasteiger partial charge is 0.307 e. The minimum atomic E-state index is 0.540. The molecule has 1 fully saturated rings. The minimum absolute atomic E-state index is 0.540. The van der Waals surface area contributed by atoms with E-state index in [1.807, 2.05) is 0 Å². The van der Waals surface area contributed by atoms with Crippen LogP contribution in [0.15, 0.2) is 6.20 Å². The van der Waals surface area contributed by atoms with Gasteiger partial charge in [-0.3, -0.25) is 4.68 Å². The Morgan fingerprint density at radius 2 is 2.06 bits per heavy atom. The average Bonchev–Trinajstić information content (AvgIpc) is 3.00. The Hall–Kier alpha value is -0.830. The second kappa shape index (κ2) is 5.04. The molecular formula is C15H25N3. The van der Waals surface area contributed by atoms with Crippen molar-refractivity contribution in [3.63, 3.8) is 0 Å². The molecule has 2 aliphatic carbocycles. The monoisotopic (exact) mass is 247 g/mol. The zero-order valence-electron chi connectivity index (χ0n) is 11.7. The summed E-state index contributed by atoms with van der Waals surface area (Å²) in [6.45, 7) is 2.38. The van der Waals surface area contributed by atoms with Gasteiger partial charge in [-0.15, -0.1) is 0 Å². The lowest BCUT2D eigenvalue weighted by Gasteiger charge is -2.30. The summed E-state index contributed by atoms with van der Waals surface area (Å²) in [5, 5.41) is 8.31. The lowest BCUT2D eigenvalue weighted by Crippen LogP contribution is -2.36. The predicted molar refractivity (Wildman–Crippen MR) is 73.4 cm³/mol. The van der Waals surface area contributed by atoms with Crippen LogP contribution in [0.5, 0.6) is 0 Å². The molecule has 2 unspecified atom stereocenters. The van der Waals surface area contributed by atoms with Gasteiger partial charge in [-0.1, -0.05) is 12.8 Å². The normalized spacial score (nSPS) is 26.2. The highest BCUT2D eigenvalue weighted by atomic mass is 15.3. The van der Waals surface area contributed by atoms with Crippen molar-refractivity contribution in [3.05, 3.63) is 17.5 Å². The Kier molecular flexibility index (Phi) is 3.42. The Bertz CT molecular complexity index is 404. The average molecular weight is 247 g/mol. The van der Waals surface area contributed by atoms with Crippen molar-refractivity contribution in [1.29, 1.82) is 0 Å². The van der Waals surface area contributed by atoms with Gasteiger partial charge in [0.15, 0.2) is 0 Å². The Morgan fingerprint density at radius 1 is 1.28 bits per heavy atom. The highest BCUT2D eigenvalue weighted by molar-refractivity contribution is 5.24. The van der Waals surface area contributed by atoms with Crippen molar-refractivity contribution in [2.45, 2.75) is 64.0 Å². The van der Waals surface area contributed by atoms with Gasteiger partial charge in [0.05, 0.1) is 6.20 Å². The first-order chi connectivity index (χ1) is 8.75. The van der Waals surface area contributed by atoms with Gasteiger partial charge in [0.1, 0.15) is 0 Å². The van der Waals surface area contributed by atoms with E-state index in [1.165, 1.54) is 56.2 Å². The molecule has 1 aromatic heterocycles. The van der Waals surface area contributed by atoms with Crippen LogP contribution in [0.4, 0.5) is 0 Å². The molecule has 0 spiro atoms. The third kappa shape index (κ3) is 2.20. The summed E-state index contributed by atoms with van der Waals surface area (Å²) in [6, 6.07) is 1.20. The molecule has 3 heteroatoms. The third-order valence-electron chi connectivity index (χ3n) is 4.95. The SMILES string of the molecule is CC(NC1CCCc2c1cnn2C)C1CCCC1.